The molecule has 1 amide bonds. The van der Waals surface area contributed by atoms with Gasteiger partial charge in [0.15, 0.2) is 11.5 Å². The summed E-state index contributed by atoms with van der Waals surface area (Å²) in [4.78, 5) is 18.0. The summed E-state index contributed by atoms with van der Waals surface area (Å²) < 4.78 is 50.3. The van der Waals surface area contributed by atoms with Gasteiger partial charge >= 0.3 is 6.18 Å². The number of hydrogen-bond acceptors (Lipinski definition) is 4. The molecular weight excluding hydrogens is 529 g/mol. The van der Waals surface area contributed by atoms with E-state index in [0.717, 1.165) is 41.8 Å². The molecule has 0 spiro atoms. The second-order valence-corrected chi connectivity index (χ2v) is 10.5. The molecule has 218 valence electrons. The first kappa shape index (κ1) is 30.0. The Bertz CT molecular complexity index is 1320. The van der Waals surface area contributed by atoms with Crippen molar-refractivity contribution in [2.24, 2.45) is 5.92 Å². The molecule has 1 heterocycles. The minimum atomic E-state index is -4.39. The second-order valence-electron chi connectivity index (χ2n) is 10.5. The van der Waals surface area contributed by atoms with Crippen molar-refractivity contribution in [1.82, 2.24) is 4.90 Å². The highest BCUT2D eigenvalue weighted by Crippen LogP contribution is 2.37. The first-order valence-electron chi connectivity index (χ1n) is 13.8. The largest absolute Gasteiger partial charge is 0.493 e. The van der Waals surface area contributed by atoms with Crippen LogP contribution >= 0.6 is 0 Å². The van der Waals surface area contributed by atoms with Crippen LogP contribution in [0.25, 0.3) is 0 Å². The van der Waals surface area contributed by atoms with Gasteiger partial charge in [-0.1, -0.05) is 56.0 Å². The van der Waals surface area contributed by atoms with E-state index >= 15 is 0 Å². The molecule has 1 atom stereocenters. The Hall–Kier alpha value is -3.94. The van der Waals surface area contributed by atoms with Gasteiger partial charge in [-0.15, -0.1) is 0 Å². The second kappa shape index (κ2) is 13.1. The standard InChI is InChI=1S/C33H37F3N2O3/c1-23-16-19-37(20-17-23)32(39)31(26-8-6-5-7-9-26)24(2)38(28-14-15-29(40-3)30(22-28)41-4)21-18-25-10-12-27(13-11-25)33(34,35)36/h5-15,22-23,31H,2,16-21H2,1,3-4H3. The highest BCUT2D eigenvalue weighted by Gasteiger charge is 2.33. The molecule has 5 nitrogen and oxygen atoms in total. The van der Waals surface area contributed by atoms with Crippen molar-refractivity contribution in [1.29, 1.82) is 0 Å². The number of hydrogen-bond donors (Lipinski definition) is 0. The van der Waals surface area contributed by atoms with Gasteiger partial charge in [-0.2, -0.15) is 13.2 Å². The molecule has 0 radical (unpaired) electrons. The van der Waals surface area contributed by atoms with Crippen molar-refractivity contribution in [3.8, 4) is 11.5 Å². The molecule has 3 aromatic carbocycles. The average molecular weight is 567 g/mol. The van der Waals surface area contributed by atoms with E-state index in [-0.39, 0.29) is 5.91 Å². The number of nitrogens with zero attached hydrogens (tertiary/aromatic N) is 2. The third-order valence-electron chi connectivity index (χ3n) is 7.74. The van der Waals surface area contributed by atoms with Crippen LogP contribution < -0.4 is 14.4 Å². The summed E-state index contributed by atoms with van der Waals surface area (Å²) >= 11 is 0. The Morgan fingerprint density at radius 1 is 0.976 bits per heavy atom. The van der Waals surface area contributed by atoms with Crippen LogP contribution in [-0.2, 0) is 17.4 Å². The quantitative estimate of drug-likeness (QED) is 0.258. The molecule has 0 bridgehead atoms. The van der Waals surface area contributed by atoms with Gasteiger partial charge in [-0.25, -0.2) is 0 Å². The molecule has 4 rings (SSSR count). The first-order chi connectivity index (χ1) is 19.6. The zero-order chi connectivity index (χ0) is 29.6. The monoisotopic (exact) mass is 566 g/mol. The van der Waals surface area contributed by atoms with Crippen LogP contribution in [0.4, 0.5) is 18.9 Å². The van der Waals surface area contributed by atoms with Crippen molar-refractivity contribution < 1.29 is 27.4 Å². The Balaban J connectivity index is 1.70. The third-order valence-corrected chi connectivity index (χ3v) is 7.74. The lowest BCUT2D eigenvalue weighted by Gasteiger charge is -2.37. The molecule has 0 aliphatic carbocycles. The molecule has 1 aliphatic heterocycles. The summed E-state index contributed by atoms with van der Waals surface area (Å²) in [6.45, 7) is 8.43. The Labute approximate surface area is 240 Å². The Morgan fingerprint density at radius 3 is 2.20 bits per heavy atom. The zero-order valence-electron chi connectivity index (χ0n) is 23.8. The molecule has 1 unspecified atom stereocenters. The van der Waals surface area contributed by atoms with Gasteiger partial charge in [0.25, 0.3) is 0 Å². The van der Waals surface area contributed by atoms with Crippen LogP contribution in [-0.4, -0.2) is 44.7 Å². The maximum Gasteiger partial charge on any atom is 0.416 e. The summed E-state index contributed by atoms with van der Waals surface area (Å²) in [6.07, 6.45) is -2.06. The number of amides is 1. The van der Waals surface area contributed by atoms with E-state index in [1.807, 2.05) is 52.3 Å². The molecule has 0 N–H and O–H groups in total. The van der Waals surface area contributed by atoms with Crippen molar-refractivity contribution in [2.75, 3.05) is 38.8 Å². The third kappa shape index (κ3) is 7.23. The summed E-state index contributed by atoms with van der Waals surface area (Å²) in [5, 5.41) is 0. The van der Waals surface area contributed by atoms with E-state index in [4.69, 9.17) is 9.47 Å². The van der Waals surface area contributed by atoms with E-state index in [1.54, 1.807) is 20.3 Å². The zero-order valence-corrected chi connectivity index (χ0v) is 23.8. The van der Waals surface area contributed by atoms with Crippen LogP contribution in [0.2, 0.25) is 0 Å². The maximum absolute atomic E-state index is 14.1. The molecule has 41 heavy (non-hydrogen) atoms. The maximum atomic E-state index is 14.1. The lowest BCUT2D eigenvalue weighted by atomic mass is 9.91. The molecule has 0 aromatic heterocycles. The number of anilines is 1. The minimum Gasteiger partial charge on any atom is -0.493 e. The Morgan fingerprint density at radius 2 is 1.61 bits per heavy atom. The topological polar surface area (TPSA) is 42.0 Å². The number of benzene rings is 3. The number of methoxy groups -OCH3 is 2. The molecule has 1 aliphatic rings. The number of carbonyl (C=O) groups is 1. The fourth-order valence-electron chi connectivity index (χ4n) is 5.22. The number of ether oxygens (including phenoxy) is 2. The van der Waals surface area contributed by atoms with Gasteiger partial charge in [0.1, 0.15) is 5.92 Å². The fourth-order valence-corrected chi connectivity index (χ4v) is 5.22. The predicted molar refractivity (Wildman–Crippen MR) is 155 cm³/mol. The SMILES string of the molecule is C=C(C(C(=O)N1CCC(C)CC1)c1ccccc1)N(CCc1ccc(C(F)(F)F)cc1)c1ccc(OC)c(OC)c1. The number of rotatable bonds is 10. The summed E-state index contributed by atoms with van der Waals surface area (Å²) in [5.74, 6) is 1.01. The van der Waals surface area contributed by atoms with Gasteiger partial charge < -0.3 is 19.3 Å². The molecule has 3 aromatic rings. The molecule has 1 fully saturated rings. The normalized spacial score (nSPS) is 14.8. The fraction of sp³-hybridized carbons (Fsp3) is 0.364. The van der Waals surface area contributed by atoms with Crippen LogP contribution in [0.3, 0.4) is 0 Å². The van der Waals surface area contributed by atoms with Gasteiger partial charge in [0, 0.05) is 37.1 Å². The van der Waals surface area contributed by atoms with Crippen LogP contribution in [0.1, 0.15) is 42.4 Å². The smallest absolute Gasteiger partial charge is 0.416 e. The van der Waals surface area contributed by atoms with Crippen molar-refractivity contribution in [2.45, 2.75) is 38.3 Å². The lowest BCUT2D eigenvalue weighted by molar-refractivity contribution is -0.137. The molecule has 8 heteroatoms. The van der Waals surface area contributed by atoms with Crippen LogP contribution in [0.5, 0.6) is 11.5 Å². The predicted octanol–water partition coefficient (Wildman–Crippen LogP) is 7.33. The van der Waals surface area contributed by atoms with Gasteiger partial charge in [-0.3, -0.25) is 4.79 Å². The molecular formula is C33H37F3N2O3. The van der Waals surface area contributed by atoms with Crippen molar-refractivity contribution in [3.63, 3.8) is 0 Å². The van der Waals surface area contributed by atoms with Crippen LogP contribution in [0.15, 0.2) is 85.1 Å². The number of likely N-dealkylation sites (tertiary alicyclic amines) is 1. The van der Waals surface area contributed by atoms with Gasteiger partial charge in [0.05, 0.1) is 19.8 Å². The number of alkyl halides is 3. The van der Waals surface area contributed by atoms with E-state index in [9.17, 15) is 18.0 Å². The summed E-state index contributed by atoms with van der Waals surface area (Å²) in [5.41, 5.74) is 2.21. The van der Waals surface area contributed by atoms with Crippen LogP contribution in [0, 0.1) is 5.92 Å². The summed E-state index contributed by atoms with van der Waals surface area (Å²) in [6, 6.07) is 20.3. The Kier molecular flexibility index (Phi) is 9.63. The highest BCUT2D eigenvalue weighted by molar-refractivity contribution is 5.88. The summed E-state index contributed by atoms with van der Waals surface area (Å²) in [7, 11) is 3.11. The molecule has 0 saturated carbocycles. The minimum absolute atomic E-state index is 0.00638. The first-order valence-corrected chi connectivity index (χ1v) is 13.8. The average Bonchev–Trinajstić information content (AvgIpc) is 2.98. The van der Waals surface area contributed by atoms with Crippen molar-refractivity contribution in [3.05, 3.63) is 102 Å². The van der Waals surface area contributed by atoms with E-state index in [1.165, 1.54) is 12.1 Å². The highest BCUT2D eigenvalue weighted by atomic mass is 19.4. The molecule has 1 saturated heterocycles. The number of halogens is 3. The van der Waals surface area contributed by atoms with E-state index in [0.29, 0.717) is 49.2 Å². The van der Waals surface area contributed by atoms with E-state index < -0.39 is 17.7 Å². The van der Waals surface area contributed by atoms with Gasteiger partial charge in [0.2, 0.25) is 5.91 Å². The van der Waals surface area contributed by atoms with E-state index in [2.05, 4.69) is 13.5 Å². The van der Waals surface area contributed by atoms with Gasteiger partial charge in [-0.05, 0) is 60.6 Å². The number of piperidine rings is 1. The lowest BCUT2D eigenvalue weighted by Crippen LogP contribution is -2.43. The number of carbonyl (C=O) groups excluding carboxylic acids is 1. The van der Waals surface area contributed by atoms with Crippen molar-refractivity contribution >= 4 is 11.6 Å².